The molecule has 0 bridgehead atoms. The first-order chi connectivity index (χ1) is 5.38. The van der Waals surface area contributed by atoms with E-state index in [2.05, 4.69) is 33.9 Å². The van der Waals surface area contributed by atoms with Gasteiger partial charge in [-0.15, -0.1) is 0 Å². The van der Waals surface area contributed by atoms with Gasteiger partial charge in [0.2, 0.25) is 0 Å². The van der Waals surface area contributed by atoms with Crippen LogP contribution in [0.25, 0.3) is 0 Å². The van der Waals surface area contributed by atoms with E-state index in [0.717, 1.165) is 5.57 Å². The highest BCUT2D eigenvalue weighted by Crippen LogP contribution is 2.24. The number of allylic oxidation sites excluding steroid dienone is 4. The molecule has 12 heavy (non-hydrogen) atoms. The molecular weight excluding hydrogens is 146 g/mol. The number of nitrogens with zero attached hydrogens (tertiary/aromatic N) is 1. The highest BCUT2D eigenvalue weighted by Gasteiger charge is 2.11. The Labute approximate surface area is 74.7 Å². The fourth-order valence-corrected chi connectivity index (χ4v) is 0.488. The summed E-state index contributed by atoms with van der Waals surface area (Å²) < 4.78 is 0. The summed E-state index contributed by atoms with van der Waals surface area (Å²) in [5.41, 5.74) is 1.52. The van der Waals surface area contributed by atoms with E-state index >= 15 is 0 Å². The van der Waals surface area contributed by atoms with Crippen LogP contribution in [0.2, 0.25) is 0 Å². The minimum Gasteiger partial charge on any atom is -0.192 e. The standard InChI is InChI=1S/C11H15N/c1-9(8-12)6-7-10(2)11(3,4)5/h6-7H,1-2H2,3-5H3/b7-6-. The molecule has 0 atom stereocenters. The molecule has 0 fully saturated rings. The van der Waals surface area contributed by atoms with E-state index in [4.69, 9.17) is 5.26 Å². The van der Waals surface area contributed by atoms with Crippen molar-refractivity contribution in [2.75, 3.05) is 0 Å². The van der Waals surface area contributed by atoms with Crippen molar-refractivity contribution in [1.29, 1.82) is 5.26 Å². The van der Waals surface area contributed by atoms with Crippen LogP contribution in [-0.4, -0.2) is 0 Å². The second-order valence-electron chi connectivity index (χ2n) is 3.75. The zero-order valence-corrected chi connectivity index (χ0v) is 8.02. The molecule has 0 radical (unpaired) electrons. The average molecular weight is 161 g/mol. The van der Waals surface area contributed by atoms with Crippen LogP contribution in [0.5, 0.6) is 0 Å². The van der Waals surface area contributed by atoms with Crippen LogP contribution in [0.1, 0.15) is 20.8 Å². The Hall–Kier alpha value is -1.29. The van der Waals surface area contributed by atoms with E-state index in [-0.39, 0.29) is 5.41 Å². The van der Waals surface area contributed by atoms with Gasteiger partial charge in [0.25, 0.3) is 0 Å². The summed E-state index contributed by atoms with van der Waals surface area (Å²) in [7, 11) is 0. The van der Waals surface area contributed by atoms with E-state index in [1.165, 1.54) is 0 Å². The van der Waals surface area contributed by atoms with E-state index in [0.29, 0.717) is 5.57 Å². The van der Waals surface area contributed by atoms with Crippen LogP contribution < -0.4 is 0 Å². The molecule has 0 saturated heterocycles. The van der Waals surface area contributed by atoms with E-state index < -0.39 is 0 Å². The van der Waals surface area contributed by atoms with Crippen molar-refractivity contribution in [2.45, 2.75) is 20.8 Å². The zero-order valence-electron chi connectivity index (χ0n) is 8.02. The number of nitriles is 1. The van der Waals surface area contributed by atoms with Gasteiger partial charge in [-0.05, 0) is 17.1 Å². The van der Waals surface area contributed by atoms with E-state index in [1.54, 1.807) is 6.08 Å². The summed E-state index contributed by atoms with van der Waals surface area (Å²) >= 11 is 0. The predicted octanol–water partition coefficient (Wildman–Crippen LogP) is 3.22. The Bertz CT molecular complexity index is 256. The second kappa shape index (κ2) is 3.92. The topological polar surface area (TPSA) is 23.8 Å². The normalized spacial score (nSPS) is 11.2. The monoisotopic (exact) mass is 161 g/mol. The summed E-state index contributed by atoms with van der Waals surface area (Å²) in [5, 5.41) is 8.42. The lowest BCUT2D eigenvalue weighted by atomic mass is 9.87. The SMILES string of the molecule is C=C(C#N)/C=C\C(=C)C(C)(C)C. The molecule has 0 aromatic heterocycles. The Morgan fingerprint density at radius 2 is 1.75 bits per heavy atom. The van der Waals surface area contributed by atoms with Gasteiger partial charge >= 0.3 is 0 Å². The number of hydrogen-bond acceptors (Lipinski definition) is 1. The lowest BCUT2D eigenvalue weighted by Crippen LogP contribution is -2.05. The molecule has 0 amide bonds. The van der Waals surface area contributed by atoms with Crippen molar-refractivity contribution in [2.24, 2.45) is 5.41 Å². The maximum atomic E-state index is 8.42. The minimum atomic E-state index is 0.0617. The van der Waals surface area contributed by atoms with Crippen molar-refractivity contribution >= 4 is 0 Å². The third-order valence-electron chi connectivity index (χ3n) is 1.59. The number of rotatable bonds is 2. The molecule has 64 valence electrons. The van der Waals surface area contributed by atoms with Crippen LogP contribution in [-0.2, 0) is 0 Å². The fourth-order valence-electron chi connectivity index (χ4n) is 0.488. The van der Waals surface area contributed by atoms with Gasteiger partial charge in [0, 0.05) is 5.57 Å². The van der Waals surface area contributed by atoms with Crippen LogP contribution in [0, 0.1) is 16.7 Å². The lowest BCUT2D eigenvalue weighted by Gasteiger charge is -2.18. The minimum absolute atomic E-state index is 0.0617. The van der Waals surface area contributed by atoms with E-state index in [1.807, 2.05) is 12.1 Å². The summed E-state index contributed by atoms with van der Waals surface area (Å²) in [5.74, 6) is 0. The molecule has 0 spiro atoms. The maximum Gasteiger partial charge on any atom is 0.0985 e. The fraction of sp³-hybridized carbons (Fsp3) is 0.364. The molecule has 0 heterocycles. The van der Waals surface area contributed by atoms with Gasteiger partial charge < -0.3 is 0 Å². The Morgan fingerprint density at radius 1 is 1.25 bits per heavy atom. The highest BCUT2D eigenvalue weighted by atomic mass is 14.2. The van der Waals surface area contributed by atoms with Gasteiger partial charge in [-0.2, -0.15) is 5.26 Å². The van der Waals surface area contributed by atoms with E-state index in [9.17, 15) is 0 Å². The zero-order chi connectivity index (χ0) is 9.78. The molecule has 0 unspecified atom stereocenters. The van der Waals surface area contributed by atoms with Gasteiger partial charge in [0.05, 0.1) is 6.07 Å². The van der Waals surface area contributed by atoms with Crippen LogP contribution >= 0.6 is 0 Å². The molecule has 0 aliphatic heterocycles. The third-order valence-corrected chi connectivity index (χ3v) is 1.59. The van der Waals surface area contributed by atoms with Gasteiger partial charge in [-0.1, -0.05) is 40.0 Å². The molecule has 0 N–H and O–H groups in total. The summed E-state index contributed by atoms with van der Waals surface area (Å²) in [6, 6.07) is 1.95. The average Bonchev–Trinajstić information content (AvgIpc) is 1.97. The van der Waals surface area contributed by atoms with Gasteiger partial charge in [-0.25, -0.2) is 0 Å². The van der Waals surface area contributed by atoms with Gasteiger partial charge in [-0.3, -0.25) is 0 Å². The second-order valence-corrected chi connectivity index (χ2v) is 3.75. The molecule has 0 aromatic rings. The molecule has 1 heteroatoms. The Balaban J connectivity index is 4.32. The largest absolute Gasteiger partial charge is 0.192 e. The molecule has 0 saturated carbocycles. The molecular formula is C11H15N. The summed E-state index contributed by atoms with van der Waals surface area (Å²) in [4.78, 5) is 0. The molecule has 0 aliphatic rings. The van der Waals surface area contributed by atoms with Crippen molar-refractivity contribution in [3.63, 3.8) is 0 Å². The maximum absolute atomic E-state index is 8.42. The van der Waals surface area contributed by atoms with Crippen molar-refractivity contribution in [3.05, 3.63) is 36.5 Å². The Kier molecular flexibility index (Phi) is 3.50. The van der Waals surface area contributed by atoms with Gasteiger partial charge in [0.1, 0.15) is 0 Å². The van der Waals surface area contributed by atoms with Gasteiger partial charge in [0.15, 0.2) is 0 Å². The van der Waals surface area contributed by atoms with Crippen LogP contribution in [0.4, 0.5) is 0 Å². The van der Waals surface area contributed by atoms with Crippen molar-refractivity contribution in [3.8, 4) is 6.07 Å². The summed E-state index contributed by atoms with van der Waals surface area (Å²) in [6.45, 7) is 13.7. The summed E-state index contributed by atoms with van der Waals surface area (Å²) in [6.07, 6.45) is 3.53. The first kappa shape index (κ1) is 10.7. The highest BCUT2D eigenvalue weighted by molar-refractivity contribution is 5.34. The molecule has 0 aliphatic carbocycles. The van der Waals surface area contributed by atoms with Crippen LogP contribution in [0.15, 0.2) is 36.5 Å². The third kappa shape index (κ3) is 3.78. The molecule has 0 aromatic carbocycles. The predicted molar refractivity (Wildman–Crippen MR) is 52.5 cm³/mol. The number of hydrogen-bond donors (Lipinski definition) is 0. The quantitative estimate of drug-likeness (QED) is 0.450. The first-order valence-electron chi connectivity index (χ1n) is 3.84. The molecule has 0 rings (SSSR count). The Morgan fingerprint density at radius 3 is 2.08 bits per heavy atom. The smallest absolute Gasteiger partial charge is 0.0985 e. The first-order valence-corrected chi connectivity index (χ1v) is 3.84. The molecule has 1 nitrogen and oxygen atoms in total. The lowest BCUT2D eigenvalue weighted by molar-refractivity contribution is 0.519. The van der Waals surface area contributed by atoms with Crippen LogP contribution in [0.3, 0.4) is 0 Å². The van der Waals surface area contributed by atoms with Crippen molar-refractivity contribution < 1.29 is 0 Å². The van der Waals surface area contributed by atoms with Crippen molar-refractivity contribution in [1.82, 2.24) is 0 Å².